The number of hydrogen-bond acceptors (Lipinski definition) is 7. The van der Waals surface area contributed by atoms with Gasteiger partial charge in [-0.3, -0.25) is 9.59 Å². The zero-order valence-electron chi connectivity index (χ0n) is 23.9. The van der Waals surface area contributed by atoms with Crippen LogP contribution in [-0.2, 0) is 43.3 Å². The lowest BCUT2D eigenvalue weighted by molar-refractivity contribution is -0.145. The van der Waals surface area contributed by atoms with Crippen LogP contribution in [0.1, 0.15) is 30.5 Å². The van der Waals surface area contributed by atoms with Gasteiger partial charge in [-0.05, 0) is 34.7 Å². The fourth-order valence-corrected chi connectivity index (χ4v) is 4.22. The molecule has 0 aliphatic heterocycles. The fourth-order valence-electron chi connectivity index (χ4n) is 4.22. The van der Waals surface area contributed by atoms with Crippen molar-refractivity contribution in [2.45, 2.75) is 51.4 Å². The minimum absolute atomic E-state index is 0.00752. The van der Waals surface area contributed by atoms with Gasteiger partial charge < -0.3 is 30.5 Å². The van der Waals surface area contributed by atoms with Gasteiger partial charge in [0, 0.05) is 12.8 Å². The number of phenolic OH excluding ortho intramolecular Hbond substituents is 1. The summed E-state index contributed by atoms with van der Waals surface area (Å²) >= 11 is 0. The minimum atomic E-state index is -1.10. The highest BCUT2D eigenvalue weighted by Gasteiger charge is 2.32. The predicted octanol–water partition coefficient (Wildman–Crippen LogP) is 3.27. The molecule has 3 aromatic rings. The van der Waals surface area contributed by atoms with E-state index >= 15 is 0 Å². The Morgan fingerprint density at radius 1 is 0.690 bits per heavy atom. The number of ether oxygens (including phenoxy) is 2. The highest BCUT2D eigenvalue weighted by atomic mass is 16.5. The van der Waals surface area contributed by atoms with Crippen LogP contribution in [0, 0.1) is 5.92 Å². The lowest BCUT2D eigenvalue weighted by Crippen LogP contribution is -2.58. The van der Waals surface area contributed by atoms with Crippen molar-refractivity contribution in [2.75, 3.05) is 7.11 Å². The van der Waals surface area contributed by atoms with Crippen LogP contribution in [0.15, 0.2) is 84.9 Å². The largest absolute Gasteiger partial charge is 0.508 e. The molecule has 3 atom stereocenters. The summed E-state index contributed by atoms with van der Waals surface area (Å²) in [5, 5.41) is 17.7. The van der Waals surface area contributed by atoms with Crippen LogP contribution in [0.3, 0.4) is 0 Å². The monoisotopic (exact) mass is 575 g/mol. The second-order valence-electron chi connectivity index (χ2n) is 10.1. The highest BCUT2D eigenvalue weighted by Crippen LogP contribution is 2.13. The molecule has 3 rings (SSSR count). The molecule has 222 valence electrons. The maximum atomic E-state index is 13.5. The normalized spacial score (nSPS) is 12.9. The summed E-state index contributed by atoms with van der Waals surface area (Å²) in [4.78, 5) is 52.0. The topological polar surface area (TPSA) is 143 Å². The standard InChI is InChI=1S/C32H37N3O7/c1-21(2)28(30(38)33-27(31(39)41-3)19-22-10-6-4-7-11-22)35-29(37)26(18-23-14-16-25(36)17-15-23)34-32(40)42-20-24-12-8-5-9-13-24/h4-17,21,26-28,36H,18-20H2,1-3H3,(H,33,38)(H,34,40)(H,35,37)/t26-,27-,28-/m0/s1. The van der Waals surface area contributed by atoms with Crippen molar-refractivity contribution in [3.05, 3.63) is 102 Å². The predicted molar refractivity (Wildman–Crippen MR) is 156 cm³/mol. The lowest BCUT2D eigenvalue weighted by Gasteiger charge is -2.27. The molecule has 0 aromatic heterocycles. The number of alkyl carbamates (subject to hydrolysis) is 1. The Kier molecular flexibility index (Phi) is 11.9. The number of nitrogens with one attached hydrogen (secondary N) is 3. The number of amides is 3. The van der Waals surface area contributed by atoms with Gasteiger partial charge in [0.05, 0.1) is 7.11 Å². The Morgan fingerprint density at radius 3 is 1.81 bits per heavy atom. The van der Waals surface area contributed by atoms with E-state index in [0.717, 1.165) is 11.1 Å². The van der Waals surface area contributed by atoms with Crippen molar-refractivity contribution >= 4 is 23.9 Å². The number of esters is 1. The molecule has 3 amide bonds. The summed E-state index contributed by atoms with van der Waals surface area (Å²) in [7, 11) is 1.24. The summed E-state index contributed by atoms with van der Waals surface area (Å²) in [6, 6.07) is 21.4. The molecule has 0 saturated heterocycles. The van der Waals surface area contributed by atoms with Gasteiger partial charge in [-0.25, -0.2) is 9.59 Å². The summed E-state index contributed by atoms with van der Waals surface area (Å²) in [6.45, 7) is 3.52. The van der Waals surface area contributed by atoms with Crippen LogP contribution >= 0.6 is 0 Å². The molecule has 3 aromatic carbocycles. The molecule has 42 heavy (non-hydrogen) atoms. The van der Waals surface area contributed by atoms with Gasteiger partial charge in [-0.1, -0.05) is 86.6 Å². The third kappa shape index (κ3) is 9.96. The lowest BCUT2D eigenvalue weighted by atomic mass is 9.99. The molecule has 0 aliphatic carbocycles. The van der Waals surface area contributed by atoms with Gasteiger partial charge >= 0.3 is 12.1 Å². The zero-order chi connectivity index (χ0) is 30.5. The van der Waals surface area contributed by atoms with Crippen molar-refractivity contribution in [2.24, 2.45) is 5.92 Å². The Morgan fingerprint density at radius 2 is 1.24 bits per heavy atom. The van der Waals surface area contributed by atoms with Crippen molar-refractivity contribution in [1.29, 1.82) is 0 Å². The number of rotatable bonds is 13. The van der Waals surface area contributed by atoms with Crippen LogP contribution in [0.5, 0.6) is 5.75 Å². The maximum absolute atomic E-state index is 13.5. The molecule has 0 bridgehead atoms. The smallest absolute Gasteiger partial charge is 0.408 e. The first-order valence-electron chi connectivity index (χ1n) is 13.6. The van der Waals surface area contributed by atoms with Crippen LogP contribution in [0.4, 0.5) is 4.79 Å². The number of benzene rings is 3. The average Bonchev–Trinajstić information content (AvgIpc) is 2.99. The molecule has 0 saturated carbocycles. The summed E-state index contributed by atoms with van der Waals surface area (Å²) in [5.41, 5.74) is 2.26. The molecular weight excluding hydrogens is 538 g/mol. The summed E-state index contributed by atoms with van der Waals surface area (Å²) in [6.07, 6.45) is -0.536. The second kappa shape index (κ2) is 15.8. The van der Waals surface area contributed by atoms with Gasteiger partial charge in [0.15, 0.2) is 0 Å². The van der Waals surface area contributed by atoms with E-state index in [-0.39, 0.29) is 31.1 Å². The molecule has 4 N–H and O–H groups in total. The Bertz CT molecular complexity index is 1310. The van der Waals surface area contributed by atoms with E-state index in [4.69, 9.17) is 9.47 Å². The van der Waals surface area contributed by atoms with E-state index in [0.29, 0.717) is 5.56 Å². The summed E-state index contributed by atoms with van der Waals surface area (Å²) < 4.78 is 10.2. The van der Waals surface area contributed by atoms with E-state index in [9.17, 15) is 24.3 Å². The van der Waals surface area contributed by atoms with E-state index < -0.39 is 42.0 Å². The molecule has 0 fully saturated rings. The van der Waals surface area contributed by atoms with E-state index in [1.54, 1.807) is 38.1 Å². The first kappa shape index (κ1) is 31.7. The Labute approximate surface area is 245 Å². The zero-order valence-corrected chi connectivity index (χ0v) is 23.9. The third-order valence-electron chi connectivity index (χ3n) is 6.53. The SMILES string of the molecule is COC(=O)[C@H](Cc1ccccc1)NC(=O)[C@@H](NC(=O)[C@H](Cc1ccc(O)cc1)NC(=O)OCc1ccccc1)C(C)C. The fraction of sp³-hybridized carbons (Fsp3) is 0.312. The van der Waals surface area contributed by atoms with Gasteiger partial charge in [0.1, 0.15) is 30.5 Å². The Hall–Kier alpha value is -4.86. The molecule has 0 aliphatic rings. The average molecular weight is 576 g/mol. The van der Waals surface area contributed by atoms with Gasteiger partial charge in [-0.2, -0.15) is 0 Å². The van der Waals surface area contributed by atoms with Crippen LogP contribution in [-0.4, -0.2) is 54.2 Å². The van der Waals surface area contributed by atoms with Gasteiger partial charge in [0.2, 0.25) is 11.8 Å². The molecule has 10 nitrogen and oxygen atoms in total. The Balaban J connectivity index is 1.73. The van der Waals surface area contributed by atoms with Crippen molar-refractivity contribution in [3.8, 4) is 5.75 Å². The van der Waals surface area contributed by atoms with Gasteiger partial charge in [-0.15, -0.1) is 0 Å². The number of carbonyl (C=O) groups excluding carboxylic acids is 4. The molecule has 0 heterocycles. The van der Waals surface area contributed by atoms with E-state index in [1.165, 1.54) is 19.2 Å². The molecule has 0 radical (unpaired) electrons. The number of hydrogen-bond donors (Lipinski definition) is 4. The number of phenols is 1. The van der Waals surface area contributed by atoms with Crippen LogP contribution in [0.25, 0.3) is 0 Å². The number of carbonyl (C=O) groups is 4. The number of methoxy groups -OCH3 is 1. The summed E-state index contributed by atoms with van der Waals surface area (Å²) in [5.74, 6) is -2.11. The van der Waals surface area contributed by atoms with Crippen molar-refractivity contribution in [1.82, 2.24) is 16.0 Å². The number of aromatic hydroxyl groups is 1. The van der Waals surface area contributed by atoms with Crippen molar-refractivity contribution < 1.29 is 33.8 Å². The first-order valence-corrected chi connectivity index (χ1v) is 13.6. The van der Waals surface area contributed by atoms with Crippen molar-refractivity contribution in [3.63, 3.8) is 0 Å². The van der Waals surface area contributed by atoms with E-state index in [1.807, 2.05) is 48.5 Å². The second-order valence-corrected chi connectivity index (χ2v) is 10.1. The van der Waals surface area contributed by atoms with Gasteiger partial charge in [0.25, 0.3) is 0 Å². The highest BCUT2D eigenvalue weighted by molar-refractivity contribution is 5.93. The quantitative estimate of drug-likeness (QED) is 0.229. The molecule has 0 unspecified atom stereocenters. The maximum Gasteiger partial charge on any atom is 0.408 e. The van der Waals surface area contributed by atoms with Crippen LogP contribution in [0.2, 0.25) is 0 Å². The third-order valence-corrected chi connectivity index (χ3v) is 6.53. The van der Waals surface area contributed by atoms with E-state index in [2.05, 4.69) is 16.0 Å². The molecule has 0 spiro atoms. The van der Waals surface area contributed by atoms with Crippen LogP contribution < -0.4 is 16.0 Å². The first-order chi connectivity index (χ1) is 20.2. The minimum Gasteiger partial charge on any atom is -0.508 e. The molecule has 10 heteroatoms. The molecular formula is C32H37N3O7.